The van der Waals surface area contributed by atoms with E-state index in [9.17, 15) is 0 Å². The standard InChI is InChI=1S/C14H28N2/c1-4-6-7-11-15-14(8-5-2)9-12-16(3)13-10-14/h5,15H,2,4,6-13H2,1,3H3. The molecule has 0 aromatic heterocycles. The van der Waals surface area contributed by atoms with Gasteiger partial charge < -0.3 is 10.2 Å². The largest absolute Gasteiger partial charge is 0.311 e. The minimum absolute atomic E-state index is 0.349. The van der Waals surface area contributed by atoms with Crippen LogP contribution in [-0.4, -0.2) is 37.1 Å². The molecule has 0 aromatic carbocycles. The zero-order chi connectivity index (χ0) is 11.9. The summed E-state index contributed by atoms with van der Waals surface area (Å²) in [6.45, 7) is 9.77. The zero-order valence-corrected chi connectivity index (χ0v) is 11.1. The SMILES string of the molecule is C=CCC1(NCCCCC)CCN(C)CC1. The molecule has 1 saturated heterocycles. The number of nitrogens with zero attached hydrogens (tertiary/aromatic N) is 1. The molecule has 1 heterocycles. The highest BCUT2D eigenvalue weighted by atomic mass is 15.1. The predicted molar refractivity (Wildman–Crippen MR) is 71.8 cm³/mol. The molecule has 0 atom stereocenters. The molecule has 1 rings (SSSR count). The van der Waals surface area contributed by atoms with Crippen LogP contribution in [0.2, 0.25) is 0 Å². The first-order valence-corrected chi connectivity index (χ1v) is 6.77. The van der Waals surface area contributed by atoms with E-state index in [2.05, 4.69) is 36.8 Å². The maximum absolute atomic E-state index is 3.91. The smallest absolute Gasteiger partial charge is 0.0240 e. The van der Waals surface area contributed by atoms with Crippen LogP contribution in [0.15, 0.2) is 12.7 Å². The Morgan fingerprint density at radius 3 is 2.56 bits per heavy atom. The molecule has 1 aliphatic heterocycles. The van der Waals surface area contributed by atoms with Gasteiger partial charge in [0.1, 0.15) is 0 Å². The van der Waals surface area contributed by atoms with Crippen LogP contribution >= 0.6 is 0 Å². The van der Waals surface area contributed by atoms with Crippen LogP contribution in [0.1, 0.15) is 45.4 Å². The van der Waals surface area contributed by atoms with Crippen LogP contribution in [0.5, 0.6) is 0 Å². The Kier molecular flexibility index (Phi) is 6.07. The van der Waals surface area contributed by atoms with E-state index < -0.39 is 0 Å². The highest BCUT2D eigenvalue weighted by Crippen LogP contribution is 2.25. The van der Waals surface area contributed by atoms with Crippen molar-refractivity contribution < 1.29 is 0 Å². The molecule has 0 amide bonds. The van der Waals surface area contributed by atoms with Gasteiger partial charge in [0.2, 0.25) is 0 Å². The van der Waals surface area contributed by atoms with Crippen molar-refractivity contribution >= 4 is 0 Å². The molecule has 1 N–H and O–H groups in total. The van der Waals surface area contributed by atoms with Gasteiger partial charge in [0.05, 0.1) is 0 Å². The van der Waals surface area contributed by atoms with Crippen LogP contribution < -0.4 is 5.32 Å². The lowest BCUT2D eigenvalue weighted by Gasteiger charge is -2.41. The normalized spacial score (nSPS) is 20.9. The Morgan fingerprint density at radius 2 is 2.00 bits per heavy atom. The third-order valence-corrected chi connectivity index (χ3v) is 3.76. The van der Waals surface area contributed by atoms with E-state index >= 15 is 0 Å². The first kappa shape index (κ1) is 13.7. The van der Waals surface area contributed by atoms with E-state index in [1.54, 1.807) is 0 Å². The molecular weight excluding hydrogens is 196 g/mol. The van der Waals surface area contributed by atoms with Gasteiger partial charge in [0, 0.05) is 5.54 Å². The molecule has 0 aliphatic carbocycles. The monoisotopic (exact) mass is 224 g/mol. The van der Waals surface area contributed by atoms with Gasteiger partial charge in [-0.2, -0.15) is 0 Å². The van der Waals surface area contributed by atoms with Crippen LogP contribution in [0.25, 0.3) is 0 Å². The van der Waals surface area contributed by atoms with Gasteiger partial charge in [-0.1, -0.05) is 25.8 Å². The zero-order valence-electron chi connectivity index (χ0n) is 11.1. The third kappa shape index (κ3) is 4.26. The fourth-order valence-corrected chi connectivity index (χ4v) is 2.50. The summed E-state index contributed by atoms with van der Waals surface area (Å²) in [5, 5.41) is 3.79. The second-order valence-electron chi connectivity index (χ2n) is 5.21. The lowest BCUT2D eigenvalue weighted by Crippen LogP contribution is -2.52. The van der Waals surface area contributed by atoms with Crippen LogP contribution in [0.3, 0.4) is 0 Å². The van der Waals surface area contributed by atoms with Crippen LogP contribution in [0.4, 0.5) is 0 Å². The molecular formula is C14H28N2. The average molecular weight is 224 g/mol. The fraction of sp³-hybridized carbons (Fsp3) is 0.857. The summed E-state index contributed by atoms with van der Waals surface area (Å²) >= 11 is 0. The van der Waals surface area contributed by atoms with Gasteiger partial charge >= 0.3 is 0 Å². The van der Waals surface area contributed by atoms with Gasteiger partial charge in [0.15, 0.2) is 0 Å². The Balaban J connectivity index is 2.36. The Morgan fingerprint density at radius 1 is 1.31 bits per heavy atom. The highest BCUT2D eigenvalue weighted by Gasteiger charge is 2.31. The van der Waals surface area contributed by atoms with Crippen molar-refractivity contribution in [1.82, 2.24) is 10.2 Å². The second kappa shape index (κ2) is 7.08. The molecule has 0 unspecified atom stereocenters. The quantitative estimate of drug-likeness (QED) is 0.528. The lowest BCUT2D eigenvalue weighted by atomic mass is 9.84. The fourth-order valence-electron chi connectivity index (χ4n) is 2.50. The lowest BCUT2D eigenvalue weighted by molar-refractivity contribution is 0.157. The van der Waals surface area contributed by atoms with E-state index in [4.69, 9.17) is 0 Å². The maximum Gasteiger partial charge on any atom is 0.0240 e. The first-order valence-electron chi connectivity index (χ1n) is 6.77. The third-order valence-electron chi connectivity index (χ3n) is 3.76. The summed E-state index contributed by atoms with van der Waals surface area (Å²) in [6.07, 6.45) is 9.69. The van der Waals surface area contributed by atoms with Crippen molar-refractivity contribution in [3.63, 3.8) is 0 Å². The van der Waals surface area contributed by atoms with Crippen LogP contribution in [-0.2, 0) is 0 Å². The van der Waals surface area contributed by atoms with Gasteiger partial charge in [0.25, 0.3) is 0 Å². The van der Waals surface area contributed by atoms with Crippen molar-refractivity contribution in [2.24, 2.45) is 0 Å². The molecule has 0 radical (unpaired) electrons. The summed E-state index contributed by atoms with van der Waals surface area (Å²) < 4.78 is 0. The Labute approximate surface area is 101 Å². The number of rotatable bonds is 7. The van der Waals surface area contributed by atoms with Crippen molar-refractivity contribution in [3.05, 3.63) is 12.7 Å². The molecule has 2 heteroatoms. The van der Waals surface area contributed by atoms with Crippen LogP contribution in [0, 0.1) is 0 Å². The Hall–Kier alpha value is -0.340. The maximum atomic E-state index is 3.91. The molecule has 2 nitrogen and oxygen atoms in total. The molecule has 16 heavy (non-hydrogen) atoms. The Bertz CT molecular complexity index is 193. The van der Waals surface area contributed by atoms with E-state index in [0.29, 0.717) is 5.54 Å². The average Bonchev–Trinajstić information content (AvgIpc) is 2.29. The molecule has 0 saturated carbocycles. The first-order chi connectivity index (χ1) is 7.72. The molecule has 0 bridgehead atoms. The number of piperidine rings is 1. The van der Waals surface area contributed by atoms with Crippen molar-refractivity contribution in [3.8, 4) is 0 Å². The van der Waals surface area contributed by atoms with E-state index in [0.717, 1.165) is 6.42 Å². The van der Waals surface area contributed by atoms with Gasteiger partial charge in [-0.05, 0) is 52.4 Å². The predicted octanol–water partition coefficient (Wildman–Crippen LogP) is 2.81. The number of nitrogens with one attached hydrogen (secondary N) is 1. The highest BCUT2D eigenvalue weighted by molar-refractivity contribution is 4.97. The van der Waals surface area contributed by atoms with Crippen molar-refractivity contribution in [2.45, 2.75) is 51.0 Å². The van der Waals surface area contributed by atoms with Gasteiger partial charge in [-0.15, -0.1) is 6.58 Å². The summed E-state index contributed by atoms with van der Waals surface area (Å²) in [6, 6.07) is 0. The summed E-state index contributed by atoms with van der Waals surface area (Å²) in [5.74, 6) is 0. The van der Waals surface area contributed by atoms with E-state index in [1.807, 2.05) is 0 Å². The molecule has 1 aliphatic rings. The summed E-state index contributed by atoms with van der Waals surface area (Å²) in [7, 11) is 2.22. The van der Waals surface area contributed by atoms with Gasteiger partial charge in [-0.25, -0.2) is 0 Å². The topological polar surface area (TPSA) is 15.3 Å². The minimum atomic E-state index is 0.349. The summed E-state index contributed by atoms with van der Waals surface area (Å²) in [5.41, 5.74) is 0.349. The molecule has 0 spiro atoms. The molecule has 0 aromatic rings. The number of hydrogen-bond donors (Lipinski definition) is 1. The van der Waals surface area contributed by atoms with Crippen molar-refractivity contribution in [2.75, 3.05) is 26.7 Å². The summed E-state index contributed by atoms with van der Waals surface area (Å²) in [4.78, 5) is 2.43. The molecule has 1 fully saturated rings. The van der Waals surface area contributed by atoms with E-state index in [1.165, 1.54) is 51.7 Å². The molecule has 94 valence electrons. The minimum Gasteiger partial charge on any atom is -0.311 e. The number of unbranched alkanes of at least 4 members (excludes halogenated alkanes) is 2. The second-order valence-corrected chi connectivity index (χ2v) is 5.21. The number of likely N-dealkylation sites (tertiary alicyclic amines) is 1. The van der Waals surface area contributed by atoms with Crippen molar-refractivity contribution in [1.29, 1.82) is 0 Å². The number of hydrogen-bond acceptors (Lipinski definition) is 2. The van der Waals surface area contributed by atoms with Gasteiger partial charge in [-0.3, -0.25) is 0 Å². The van der Waals surface area contributed by atoms with E-state index in [-0.39, 0.29) is 0 Å².